The molecule has 14 heteroatoms. The predicted octanol–water partition coefficient (Wildman–Crippen LogP) is 10.3. The minimum absolute atomic E-state index is 0.0220. The lowest BCUT2D eigenvalue weighted by atomic mass is 10.1. The molecule has 0 spiro atoms. The smallest absolute Gasteiger partial charge is 0.383 e. The average Bonchev–Trinajstić information content (AvgIpc) is 3.76. The second-order valence-corrected chi connectivity index (χ2v) is 14.2. The number of aryl methyl sites for hydroxylation is 2. The van der Waals surface area contributed by atoms with E-state index in [1.54, 1.807) is 45.8 Å². The van der Waals surface area contributed by atoms with Crippen LogP contribution in [0.15, 0.2) is 61.2 Å². The van der Waals surface area contributed by atoms with Crippen molar-refractivity contribution in [3.05, 3.63) is 92.4 Å². The zero-order valence-electron chi connectivity index (χ0n) is 29.6. The lowest BCUT2D eigenvalue weighted by Crippen LogP contribution is -2.28. The van der Waals surface area contributed by atoms with Crippen molar-refractivity contribution in [2.45, 2.75) is 117 Å². The van der Waals surface area contributed by atoms with Gasteiger partial charge in [0.2, 0.25) is 0 Å². The van der Waals surface area contributed by atoms with Crippen LogP contribution in [0.5, 0.6) is 12.0 Å². The molecule has 0 radical (unpaired) electrons. The van der Waals surface area contributed by atoms with E-state index in [0.717, 1.165) is 62.5 Å². The minimum atomic E-state index is -1.21. The highest BCUT2D eigenvalue weighted by Crippen LogP contribution is 2.25. The third-order valence-electron chi connectivity index (χ3n) is 8.51. The van der Waals surface area contributed by atoms with Gasteiger partial charge in [-0.25, -0.2) is 19.6 Å². The van der Waals surface area contributed by atoms with E-state index in [1.807, 2.05) is 12.1 Å². The van der Waals surface area contributed by atoms with Gasteiger partial charge in [-0.3, -0.25) is 0 Å². The molecule has 0 amide bonds. The molecule has 0 bridgehead atoms. The highest BCUT2D eigenvalue weighted by molar-refractivity contribution is 6.35. The topological polar surface area (TPSA) is 107 Å². The maximum absolute atomic E-state index is 12.8. The highest BCUT2D eigenvalue weighted by atomic mass is 35.5. The van der Waals surface area contributed by atoms with Gasteiger partial charge < -0.3 is 28.1 Å². The summed E-state index contributed by atoms with van der Waals surface area (Å²) in [5, 5.41) is 2.23. The molecule has 52 heavy (non-hydrogen) atoms. The van der Waals surface area contributed by atoms with Gasteiger partial charge in [0.25, 0.3) is 0 Å². The minimum Gasteiger partial charge on any atom is -0.383 e. The fourth-order valence-corrected chi connectivity index (χ4v) is 6.44. The summed E-state index contributed by atoms with van der Waals surface area (Å²) >= 11 is 24.8. The van der Waals surface area contributed by atoms with Gasteiger partial charge >= 0.3 is 24.0 Å². The number of halogens is 4. The Bertz CT molecular complexity index is 1590. The maximum atomic E-state index is 12.8. The number of carbonyl (C=O) groups excluding carboxylic acids is 2. The number of carbonyl (C=O) groups is 2. The lowest BCUT2D eigenvalue weighted by molar-refractivity contribution is -0.157. The Kier molecular flexibility index (Phi) is 17.8. The van der Waals surface area contributed by atoms with Crippen molar-refractivity contribution in [3.63, 3.8) is 0 Å². The Morgan fingerprint density at radius 1 is 0.635 bits per heavy atom. The zero-order chi connectivity index (χ0) is 37.3. The highest BCUT2D eigenvalue weighted by Gasteiger charge is 2.24. The van der Waals surface area contributed by atoms with Crippen molar-refractivity contribution in [1.82, 2.24) is 19.1 Å². The van der Waals surface area contributed by atoms with Crippen molar-refractivity contribution in [1.29, 1.82) is 0 Å². The first-order valence-electron chi connectivity index (χ1n) is 17.7. The van der Waals surface area contributed by atoms with Crippen molar-refractivity contribution in [3.8, 4) is 12.0 Å². The molecule has 0 saturated heterocycles. The second-order valence-electron chi connectivity index (χ2n) is 12.5. The Morgan fingerprint density at radius 3 is 1.44 bits per heavy atom. The van der Waals surface area contributed by atoms with Gasteiger partial charge in [-0.2, -0.15) is 0 Å². The molecule has 0 saturated carbocycles. The third-order valence-corrected chi connectivity index (χ3v) is 9.69. The van der Waals surface area contributed by atoms with Crippen LogP contribution in [0.3, 0.4) is 0 Å². The standard InChI is InChI=1S/C38H46Cl4N4O6/c1-3-5-7-9-31(49-25-27-11-13-29(39)23-33(27)41)15-19-45-21-17-43-37(45)51-35(47)36(48)52-38-44-18-22-46(38)20-16-32(10-8-6-4-2)50-26-28-12-14-30(40)24-34(28)42/h11-14,17-18,21-24,31-32H,3-10,15-16,19-20,25-26H2,1-2H3. The normalized spacial score (nSPS) is 12.5. The van der Waals surface area contributed by atoms with Gasteiger partial charge in [-0.1, -0.05) is 111 Å². The summed E-state index contributed by atoms with van der Waals surface area (Å²) in [6.07, 6.45) is 15.5. The van der Waals surface area contributed by atoms with Gasteiger partial charge in [0.05, 0.1) is 25.4 Å². The van der Waals surface area contributed by atoms with E-state index < -0.39 is 11.9 Å². The number of esters is 2. The summed E-state index contributed by atoms with van der Waals surface area (Å²) < 4.78 is 26.5. The first-order valence-corrected chi connectivity index (χ1v) is 19.2. The third kappa shape index (κ3) is 13.7. The van der Waals surface area contributed by atoms with Crippen molar-refractivity contribution < 1.29 is 28.5 Å². The molecule has 4 aromatic rings. The SMILES string of the molecule is CCCCCC(CCn1ccnc1OC(=O)C(=O)Oc1nccn1CCC(CCCCC)OCc1ccc(Cl)cc1Cl)OCc1ccc(Cl)cc1Cl. The van der Waals surface area contributed by atoms with E-state index in [0.29, 0.717) is 59.2 Å². The Balaban J connectivity index is 1.30. The van der Waals surface area contributed by atoms with Crippen molar-refractivity contribution in [2.75, 3.05) is 0 Å². The summed E-state index contributed by atoms with van der Waals surface area (Å²) in [5.74, 6) is -2.42. The molecule has 2 unspecified atom stereocenters. The number of unbranched alkanes of at least 4 members (excludes halogenated alkanes) is 4. The molecule has 2 atom stereocenters. The van der Waals surface area contributed by atoms with Crippen LogP contribution in [0.2, 0.25) is 20.1 Å². The number of ether oxygens (including phenoxy) is 4. The van der Waals surface area contributed by atoms with Crippen LogP contribution in [-0.2, 0) is 45.4 Å². The van der Waals surface area contributed by atoms with Crippen LogP contribution in [0, 0.1) is 0 Å². The predicted molar refractivity (Wildman–Crippen MR) is 203 cm³/mol. The van der Waals surface area contributed by atoms with E-state index in [1.165, 1.54) is 12.4 Å². The maximum Gasteiger partial charge on any atom is 0.425 e. The van der Waals surface area contributed by atoms with Gasteiger partial charge in [0.15, 0.2) is 0 Å². The molecule has 282 valence electrons. The first-order chi connectivity index (χ1) is 25.2. The van der Waals surface area contributed by atoms with Gasteiger partial charge in [0, 0.05) is 58.0 Å². The Morgan fingerprint density at radius 2 is 1.06 bits per heavy atom. The molecule has 10 nitrogen and oxygen atoms in total. The summed E-state index contributed by atoms with van der Waals surface area (Å²) in [5.41, 5.74) is 1.70. The van der Waals surface area contributed by atoms with E-state index in [2.05, 4.69) is 23.8 Å². The van der Waals surface area contributed by atoms with Gasteiger partial charge in [-0.05, 0) is 61.1 Å². The fourth-order valence-electron chi connectivity index (χ4n) is 5.52. The molecule has 0 N–H and O–H groups in total. The summed E-state index contributed by atoms with van der Waals surface area (Å²) in [6.45, 7) is 5.86. The van der Waals surface area contributed by atoms with E-state index in [-0.39, 0.29) is 24.2 Å². The second kappa shape index (κ2) is 22.2. The number of hydrogen-bond acceptors (Lipinski definition) is 8. The van der Waals surface area contributed by atoms with Crippen LogP contribution in [0.4, 0.5) is 0 Å². The molecule has 0 aliphatic rings. The molecular formula is C38H46Cl4N4O6. The number of nitrogens with zero attached hydrogens (tertiary/aromatic N) is 4. The molecule has 0 aliphatic heterocycles. The first kappa shape index (κ1) is 41.6. The summed E-state index contributed by atoms with van der Waals surface area (Å²) in [7, 11) is 0. The zero-order valence-corrected chi connectivity index (χ0v) is 32.6. The van der Waals surface area contributed by atoms with Crippen molar-refractivity contribution in [2.24, 2.45) is 0 Å². The van der Waals surface area contributed by atoms with Gasteiger partial charge in [0.1, 0.15) is 0 Å². The van der Waals surface area contributed by atoms with Crippen LogP contribution < -0.4 is 9.47 Å². The summed E-state index contributed by atoms with van der Waals surface area (Å²) in [4.78, 5) is 34.0. The molecule has 0 aliphatic carbocycles. The number of imidazole rings is 2. The number of hydrogen-bond donors (Lipinski definition) is 0. The molecular weight excluding hydrogens is 750 g/mol. The Labute approximate surface area is 325 Å². The molecule has 2 aromatic carbocycles. The quantitative estimate of drug-likeness (QED) is 0.0440. The summed E-state index contributed by atoms with van der Waals surface area (Å²) in [6, 6.07) is 10.6. The van der Waals surface area contributed by atoms with E-state index in [4.69, 9.17) is 65.4 Å². The number of benzene rings is 2. The average molecular weight is 797 g/mol. The van der Waals surface area contributed by atoms with Gasteiger partial charge in [-0.15, -0.1) is 0 Å². The van der Waals surface area contributed by atoms with Crippen molar-refractivity contribution >= 4 is 58.3 Å². The van der Waals surface area contributed by atoms with Crippen LogP contribution >= 0.6 is 46.4 Å². The molecule has 2 aromatic heterocycles. The van der Waals surface area contributed by atoms with Crippen LogP contribution in [-0.4, -0.2) is 43.2 Å². The lowest BCUT2D eigenvalue weighted by Gasteiger charge is -2.19. The van der Waals surface area contributed by atoms with Crippen LogP contribution in [0.25, 0.3) is 0 Å². The fraction of sp³-hybridized carbons (Fsp3) is 0.474. The molecule has 0 fully saturated rings. The van der Waals surface area contributed by atoms with E-state index in [9.17, 15) is 9.59 Å². The molecule has 2 heterocycles. The van der Waals surface area contributed by atoms with Crippen LogP contribution in [0.1, 0.15) is 89.2 Å². The monoisotopic (exact) mass is 794 g/mol. The number of aromatic nitrogens is 4. The van der Waals surface area contributed by atoms with E-state index >= 15 is 0 Å². The number of rotatable bonds is 22. The largest absolute Gasteiger partial charge is 0.425 e. The Hall–Kier alpha value is -3.12. The molecule has 4 rings (SSSR count).